The Morgan fingerprint density at radius 1 is 1.00 bits per heavy atom. The van der Waals surface area contributed by atoms with Crippen molar-refractivity contribution in [1.29, 1.82) is 0 Å². The van der Waals surface area contributed by atoms with E-state index in [2.05, 4.69) is 75.8 Å². The van der Waals surface area contributed by atoms with Gasteiger partial charge in [0, 0.05) is 17.2 Å². The maximum absolute atomic E-state index is 2.24. The van der Waals surface area contributed by atoms with E-state index in [1.54, 1.807) is 0 Å². The average Bonchev–Trinajstić information content (AvgIpc) is 2.30. The Labute approximate surface area is 110 Å². The summed E-state index contributed by atoms with van der Waals surface area (Å²) < 4.78 is 2.23. The number of pyridine rings is 1. The largest absolute Gasteiger partial charge is 0.212 e. The minimum Gasteiger partial charge on any atom is -0.201 e. The molecule has 0 saturated heterocycles. The van der Waals surface area contributed by atoms with Crippen LogP contribution in [0.25, 0.3) is 11.3 Å². The highest BCUT2D eigenvalue weighted by atomic mass is 14.9. The molecule has 94 valence electrons. The van der Waals surface area contributed by atoms with Gasteiger partial charge in [-0.1, -0.05) is 31.5 Å². The first-order valence-electron chi connectivity index (χ1n) is 6.56. The van der Waals surface area contributed by atoms with Gasteiger partial charge in [-0.15, -0.1) is 0 Å². The van der Waals surface area contributed by atoms with Crippen LogP contribution in [0.15, 0.2) is 36.5 Å². The summed E-state index contributed by atoms with van der Waals surface area (Å²) in [6.07, 6.45) is 2.24. The van der Waals surface area contributed by atoms with Crippen molar-refractivity contribution in [1.82, 2.24) is 0 Å². The molecule has 0 aliphatic carbocycles. The van der Waals surface area contributed by atoms with Crippen molar-refractivity contribution < 1.29 is 4.57 Å². The van der Waals surface area contributed by atoms with Crippen LogP contribution in [-0.2, 0) is 7.05 Å². The summed E-state index contributed by atoms with van der Waals surface area (Å²) in [6, 6.07) is 11.1. The Morgan fingerprint density at radius 2 is 1.72 bits per heavy atom. The van der Waals surface area contributed by atoms with Crippen molar-refractivity contribution in [3.8, 4) is 11.3 Å². The Balaban J connectivity index is 2.51. The third-order valence-electron chi connectivity index (χ3n) is 3.48. The molecule has 0 atom stereocenters. The summed E-state index contributed by atoms with van der Waals surface area (Å²) in [4.78, 5) is 0. The van der Waals surface area contributed by atoms with E-state index in [4.69, 9.17) is 0 Å². The predicted molar refractivity (Wildman–Crippen MR) is 76.6 cm³/mol. The fourth-order valence-corrected chi connectivity index (χ4v) is 2.35. The Morgan fingerprint density at radius 3 is 2.28 bits per heavy atom. The fourth-order valence-electron chi connectivity index (χ4n) is 2.35. The lowest BCUT2D eigenvalue weighted by molar-refractivity contribution is -0.660. The van der Waals surface area contributed by atoms with Gasteiger partial charge in [0.05, 0.1) is 0 Å². The minimum absolute atomic E-state index is 0.573. The van der Waals surface area contributed by atoms with E-state index in [1.807, 2.05) is 0 Å². The summed E-state index contributed by atoms with van der Waals surface area (Å²) in [5, 5.41) is 0. The molecule has 1 heteroatoms. The van der Waals surface area contributed by atoms with Crippen molar-refractivity contribution in [3.05, 3.63) is 53.2 Å². The van der Waals surface area contributed by atoms with E-state index >= 15 is 0 Å². The van der Waals surface area contributed by atoms with E-state index in [0.29, 0.717) is 5.92 Å². The first-order valence-corrected chi connectivity index (χ1v) is 6.56. The summed E-state index contributed by atoms with van der Waals surface area (Å²) in [7, 11) is 2.13. The standard InChI is InChI=1S/C17H22N/c1-12(2)15-7-9-17(18(5)11-15)16-8-6-13(3)10-14(16)4/h6-12H,1-5H3/q+1. The van der Waals surface area contributed by atoms with Crippen LogP contribution in [0.5, 0.6) is 0 Å². The summed E-state index contributed by atoms with van der Waals surface area (Å²) >= 11 is 0. The number of nitrogens with zero attached hydrogens (tertiary/aromatic N) is 1. The highest BCUT2D eigenvalue weighted by Gasteiger charge is 2.13. The molecule has 0 bridgehead atoms. The van der Waals surface area contributed by atoms with E-state index in [1.165, 1.54) is 27.9 Å². The van der Waals surface area contributed by atoms with Crippen molar-refractivity contribution in [2.24, 2.45) is 7.05 Å². The molecule has 0 aliphatic heterocycles. The molecule has 1 heterocycles. The van der Waals surface area contributed by atoms with E-state index in [0.717, 1.165) is 0 Å². The zero-order valence-electron chi connectivity index (χ0n) is 12.0. The molecule has 0 fully saturated rings. The number of hydrogen-bond donors (Lipinski definition) is 0. The van der Waals surface area contributed by atoms with E-state index < -0.39 is 0 Å². The van der Waals surface area contributed by atoms with Crippen LogP contribution in [-0.4, -0.2) is 0 Å². The van der Waals surface area contributed by atoms with Crippen molar-refractivity contribution in [2.45, 2.75) is 33.6 Å². The number of rotatable bonds is 2. The molecule has 0 spiro atoms. The molecule has 0 saturated carbocycles. The van der Waals surface area contributed by atoms with Crippen molar-refractivity contribution >= 4 is 0 Å². The van der Waals surface area contributed by atoms with E-state index in [9.17, 15) is 0 Å². The summed E-state index contributed by atoms with van der Waals surface area (Å²) in [5.74, 6) is 0.573. The molecular formula is C17H22N+. The normalized spacial score (nSPS) is 11.0. The van der Waals surface area contributed by atoms with Crippen LogP contribution in [0.3, 0.4) is 0 Å². The Bertz CT molecular complexity index is 568. The van der Waals surface area contributed by atoms with Crippen molar-refractivity contribution in [3.63, 3.8) is 0 Å². The molecule has 0 N–H and O–H groups in total. The van der Waals surface area contributed by atoms with Crippen LogP contribution in [0.4, 0.5) is 0 Å². The molecule has 2 rings (SSSR count). The zero-order valence-corrected chi connectivity index (χ0v) is 12.0. The maximum atomic E-state index is 2.24. The minimum atomic E-state index is 0.573. The van der Waals surface area contributed by atoms with E-state index in [-0.39, 0.29) is 0 Å². The number of benzene rings is 1. The van der Waals surface area contributed by atoms with Gasteiger partial charge >= 0.3 is 0 Å². The Hall–Kier alpha value is -1.63. The van der Waals surface area contributed by atoms with Gasteiger partial charge in [0.1, 0.15) is 7.05 Å². The quantitative estimate of drug-likeness (QED) is 0.701. The smallest absolute Gasteiger partial charge is 0.201 e. The monoisotopic (exact) mass is 240 g/mol. The first kappa shape index (κ1) is 12.8. The lowest BCUT2D eigenvalue weighted by atomic mass is 10.00. The third-order valence-corrected chi connectivity index (χ3v) is 3.48. The van der Waals surface area contributed by atoms with Gasteiger partial charge in [0.15, 0.2) is 6.20 Å². The highest BCUT2D eigenvalue weighted by molar-refractivity contribution is 5.61. The fraction of sp³-hybridized carbons (Fsp3) is 0.353. The molecule has 1 aromatic carbocycles. The number of aromatic nitrogens is 1. The second-order valence-electron chi connectivity index (χ2n) is 5.43. The molecule has 2 aromatic rings. The molecule has 0 aliphatic rings. The molecule has 0 amide bonds. The van der Waals surface area contributed by atoms with Crippen LogP contribution >= 0.6 is 0 Å². The summed E-state index contributed by atoms with van der Waals surface area (Å²) in [6.45, 7) is 8.77. The first-order chi connectivity index (χ1) is 8.49. The van der Waals surface area contributed by atoms with Gasteiger partial charge in [-0.3, -0.25) is 0 Å². The second kappa shape index (κ2) is 4.93. The van der Waals surface area contributed by atoms with Gasteiger partial charge in [-0.25, -0.2) is 4.57 Å². The SMILES string of the molecule is Cc1ccc(-c2ccc(C(C)C)c[n+]2C)c(C)c1. The lowest BCUT2D eigenvalue weighted by Crippen LogP contribution is -2.31. The molecule has 0 radical (unpaired) electrons. The van der Waals surface area contributed by atoms with Crippen LogP contribution < -0.4 is 4.57 Å². The second-order valence-corrected chi connectivity index (χ2v) is 5.43. The Kier molecular flexibility index (Phi) is 3.51. The predicted octanol–water partition coefficient (Wildman–Crippen LogP) is 3.92. The highest BCUT2D eigenvalue weighted by Crippen LogP contribution is 2.22. The lowest BCUT2D eigenvalue weighted by Gasteiger charge is -2.08. The molecule has 0 unspecified atom stereocenters. The van der Waals surface area contributed by atoms with Gasteiger partial charge in [0.2, 0.25) is 5.69 Å². The molecule has 1 nitrogen and oxygen atoms in total. The maximum Gasteiger partial charge on any atom is 0.212 e. The third kappa shape index (κ3) is 2.45. The molecular weight excluding hydrogens is 218 g/mol. The molecule has 1 aromatic heterocycles. The number of hydrogen-bond acceptors (Lipinski definition) is 0. The topological polar surface area (TPSA) is 3.88 Å². The van der Waals surface area contributed by atoms with Gasteiger partial charge < -0.3 is 0 Å². The molecule has 18 heavy (non-hydrogen) atoms. The number of aryl methyl sites for hydroxylation is 3. The van der Waals surface area contributed by atoms with Gasteiger partial charge in [0.25, 0.3) is 0 Å². The van der Waals surface area contributed by atoms with Crippen LogP contribution in [0.1, 0.15) is 36.5 Å². The average molecular weight is 240 g/mol. The van der Waals surface area contributed by atoms with Gasteiger partial charge in [-0.05, 0) is 37.5 Å². The van der Waals surface area contributed by atoms with Gasteiger partial charge in [-0.2, -0.15) is 0 Å². The van der Waals surface area contributed by atoms with Crippen LogP contribution in [0.2, 0.25) is 0 Å². The van der Waals surface area contributed by atoms with Crippen LogP contribution in [0, 0.1) is 13.8 Å². The zero-order chi connectivity index (χ0) is 13.3. The summed E-state index contributed by atoms with van der Waals surface area (Å²) in [5.41, 5.74) is 6.63. The van der Waals surface area contributed by atoms with Crippen molar-refractivity contribution in [2.75, 3.05) is 0 Å².